The second-order valence-electron chi connectivity index (χ2n) is 5.80. The molecule has 1 aromatic rings. The van der Waals surface area contributed by atoms with E-state index in [1.54, 1.807) is 0 Å². The van der Waals surface area contributed by atoms with Crippen molar-refractivity contribution in [2.24, 2.45) is 0 Å². The summed E-state index contributed by atoms with van der Waals surface area (Å²) in [4.78, 5) is 2.46. The predicted molar refractivity (Wildman–Crippen MR) is 90.9 cm³/mol. The molecule has 3 nitrogen and oxygen atoms in total. The Hall–Kier alpha value is -1.06. The molecule has 1 N–H and O–H groups in total. The summed E-state index contributed by atoms with van der Waals surface area (Å²) in [5, 5.41) is 3.41. The quantitative estimate of drug-likeness (QED) is 0.630. The summed E-state index contributed by atoms with van der Waals surface area (Å²) in [6.45, 7) is 13.8. The van der Waals surface area contributed by atoms with Crippen LogP contribution in [0.1, 0.15) is 46.1 Å². The molecule has 1 aromatic carbocycles. The van der Waals surface area contributed by atoms with E-state index in [1.165, 1.54) is 18.4 Å². The summed E-state index contributed by atoms with van der Waals surface area (Å²) in [5.41, 5.74) is 1.31. The standard InChI is InChI=1S/C18H32N2O/c1-5-11-19-15-17-7-9-18(10-8-17)21-14-13-20(12-6-2)16(3)4/h7-10,16,19H,5-6,11-15H2,1-4H3. The molecule has 3 heteroatoms. The molecule has 0 fully saturated rings. The molecular formula is C18H32N2O. The summed E-state index contributed by atoms with van der Waals surface area (Å²) in [6, 6.07) is 9.01. The number of nitrogens with one attached hydrogen (secondary N) is 1. The molecule has 0 aromatic heterocycles. The van der Waals surface area contributed by atoms with Gasteiger partial charge in [-0.05, 0) is 57.5 Å². The molecule has 0 atom stereocenters. The summed E-state index contributed by atoms with van der Waals surface area (Å²) in [5.74, 6) is 0.967. The van der Waals surface area contributed by atoms with E-state index in [4.69, 9.17) is 4.74 Å². The molecule has 0 radical (unpaired) electrons. The Kier molecular flexibility index (Phi) is 9.11. The number of ether oxygens (including phenoxy) is 1. The molecule has 1 rings (SSSR count). The third-order valence-corrected chi connectivity index (χ3v) is 3.57. The number of hydrogen-bond acceptors (Lipinski definition) is 3. The molecule has 0 aliphatic rings. The van der Waals surface area contributed by atoms with Gasteiger partial charge in [0.25, 0.3) is 0 Å². The first-order valence-electron chi connectivity index (χ1n) is 8.33. The third kappa shape index (κ3) is 7.49. The molecule has 120 valence electrons. The summed E-state index contributed by atoms with van der Waals surface area (Å²) >= 11 is 0. The lowest BCUT2D eigenvalue weighted by Crippen LogP contribution is -2.35. The SMILES string of the molecule is CCCNCc1ccc(OCCN(CCC)C(C)C)cc1. The topological polar surface area (TPSA) is 24.5 Å². The average molecular weight is 292 g/mol. The third-order valence-electron chi connectivity index (χ3n) is 3.57. The maximum atomic E-state index is 5.85. The van der Waals surface area contributed by atoms with E-state index in [1.807, 2.05) is 0 Å². The Morgan fingerprint density at radius 1 is 1.05 bits per heavy atom. The van der Waals surface area contributed by atoms with Crippen molar-refractivity contribution in [1.29, 1.82) is 0 Å². The van der Waals surface area contributed by atoms with E-state index >= 15 is 0 Å². The van der Waals surface area contributed by atoms with Crippen LogP contribution in [0, 0.1) is 0 Å². The van der Waals surface area contributed by atoms with Crippen molar-refractivity contribution in [2.75, 3.05) is 26.2 Å². The van der Waals surface area contributed by atoms with Gasteiger partial charge in [0, 0.05) is 19.1 Å². The van der Waals surface area contributed by atoms with E-state index in [2.05, 4.69) is 62.2 Å². The van der Waals surface area contributed by atoms with Crippen LogP contribution in [0.5, 0.6) is 5.75 Å². The Labute approximate surface area is 130 Å². The van der Waals surface area contributed by atoms with E-state index < -0.39 is 0 Å². The Morgan fingerprint density at radius 2 is 1.76 bits per heavy atom. The normalized spacial score (nSPS) is 11.3. The van der Waals surface area contributed by atoms with Crippen LogP contribution in [0.15, 0.2) is 24.3 Å². The van der Waals surface area contributed by atoms with Crippen molar-refractivity contribution in [3.05, 3.63) is 29.8 Å². The minimum atomic E-state index is 0.584. The highest BCUT2D eigenvalue weighted by Gasteiger charge is 2.07. The Morgan fingerprint density at radius 3 is 2.33 bits per heavy atom. The van der Waals surface area contributed by atoms with E-state index in [-0.39, 0.29) is 0 Å². The highest BCUT2D eigenvalue weighted by molar-refractivity contribution is 5.27. The van der Waals surface area contributed by atoms with Gasteiger partial charge in [-0.1, -0.05) is 26.0 Å². The zero-order chi connectivity index (χ0) is 15.5. The van der Waals surface area contributed by atoms with Crippen molar-refractivity contribution in [1.82, 2.24) is 10.2 Å². The van der Waals surface area contributed by atoms with Crippen molar-refractivity contribution in [3.8, 4) is 5.75 Å². The molecule has 0 aliphatic carbocycles. The van der Waals surface area contributed by atoms with Crippen LogP contribution in [0.3, 0.4) is 0 Å². The zero-order valence-electron chi connectivity index (χ0n) is 14.2. The van der Waals surface area contributed by atoms with E-state index in [0.29, 0.717) is 6.04 Å². The van der Waals surface area contributed by atoms with Gasteiger partial charge in [-0.2, -0.15) is 0 Å². The van der Waals surface area contributed by atoms with Crippen LogP contribution in [-0.4, -0.2) is 37.2 Å². The highest BCUT2D eigenvalue weighted by Crippen LogP contribution is 2.12. The molecular weight excluding hydrogens is 260 g/mol. The lowest BCUT2D eigenvalue weighted by atomic mass is 10.2. The highest BCUT2D eigenvalue weighted by atomic mass is 16.5. The van der Waals surface area contributed by atoms with Crippen molar-refractivity contribution in [3.63, 3.8) is 0 Å². The van der Waals surface area contributed by atoms with E-state index in [0.717, 1.165) is 38.5 Å². The maximum Gasteiger partial charge on any atom is 0.119 e. The smallest absolute Gasteiger partial charge is 0.119 e. The summed E-state index contributed by atoms with van der Waals surface area (Å²) < 4.78 is 5.85. The van der Waals surface area contributed by atoms with Gasteiger partial charge < -0.3 is 10.1 Å². The zero-order valence-corrected chi connectivity index (χ0v) is 14.2. The molecule has 0 saturated carbocycles. The predicted octanol–water partition coefficient (Wildman–Crippen LogP) is 3.69. The second-order valence-corrected chi connectivity index (χ2v) is 5.80. The molecule has 0 heterocycles. The van der Waals surface area contributed by atoms with Crippen LogP contribution in [0.2, 0.25) is 0 Å². The molecule has 0 amide bonds. The lowest BCUT2D eigenvalue weighted by molar-refractivity contribution is 0.176. The largest absolute Gasteiger partial charge is 0.492 e. The molecule has 0 aliphatic heterocycles. The van der Waals surface area contributed by atoms with Crippen LogP contribution < -0.4 is 10.1 Å². The molecule has 21 heavy (non-hydrogen) atoms. The number of nitrogens with zero attached hydrogens (tertiary/aromatic N) is 1. The fourth-order valence-corrected chi connectivity index (χ4v) is 2.31. The number of rotatable bonds is 11. The van der Waals surface area contributed by atoms with Gasteiger partial charge in [-0.25, -0.2) is 0 Å². The van der Waals surface area contributed by atoms with E-state index in [9.17, 15) is 0 Å². The monoisotopic (exact) mass is 292 g/mol. The Balaban J connectivity index is 2.31. The molecule has 0 bridgehead atoms. The van der Waals surface area contributed by atoms with Gasteiger partial charge in [-0.3, -0.25) is 4.90 Å². The fourth-order valence-electron chi connectivity index (χ4n) is 2.31. The van der Waals surface area contributed by atoms with Gasteiger partial charge >= 0.3 is 0 Å². The van der Waals surface area contributed by atoms with Crippen LogP contribution >= 0.6 is 0 Å². The van der Waals surface area contributed by atoms with Crippen LogP contribution in [0.4, 0.5) is 0 Å². The van der Waals surface area contributed by atoms with Crippen molar-refractivity contribution >= 4 is 0 Å². The lowest BCUT2D eigenvalue weighted by Gasteiger charge is -2.25. The average Bonchev–Trinajstić information content (AvgIpc) is 2.48. The molecule has 0 unspecified atom stereocenters. The fraction of sp³-hybridized carbons (Fsp3) is 0.667. The second kappa shape index (κ2) is 10.6. The minimum Gasteiger partial charge on any atom is -0.492 e. The minimum absolute atomic E-state index is 0.584. The van der Waals surface area contributed by atoms with Crippen LogP contribution in [-0.2, 0) is 6.54 Å². The van der Waals surface area contributed by atoms with Gasteiger partial charge in [0.1, 0.15) is 12.4 Å². The van der Waals surface area contributed by atoms with Crippen molar-refractivity contribution < 1.29 is 4.74 Å². The first kappa shape index (κ1) is 18.0. The molecule has 0 saturated heterocycles. The summed E-state index contributed by atoms with van der Waals surface area (Å²) in [6.07, 6.45) is 2.36. The van der Waals surface area contributed by atoms with Gasteiger partial charge in [-0.15, -0.1) is 0 Å². The van der Waals surface area contributed by atoms with Gasteiger partial charge in [0.05, 0.1) is 0 Å². The Bertz CT molecular complexity index is 362. The maximum absolute atomic E-state index is 5.85. The van der Waals surface area contributed by atoms with Gasteiger partial charge in [0.2, 0.25) is 0 Å². The number of hydrogen-bond donors (Lipinski definition) is 1. The number of benzene rings is 1. The first-order chi connectivity index (χ1) is 10.2. The van der Waals surface area contributed by atoms with Gasteiger partial charge in [0.15, 0.2) is 0 Å². The molecule has 0 spiro atoms. The van der Waals surface area contributed by atoms with Crippen molar-refractivity contribution in [2.45, 2.75) is 53.1 Å². The van der Waals surface area contributed by atoms with Crippen LogP contribution in [0.25, 0.3) is 0 Å². The summed E-state index contributed by atoms with van der Waals surface area (Å²) in [7, 11) is 0. The first-order valence-corrected chi connectivity index (χ1v) is 8.33.